The Hall–Kier alpha value is -0.870. The fourth-order valence-electron chi connectivity index (χ4n) is 1.84. The van der Waals surface area contributed by atoms with Crippen LogP contribution in [-0.2, 0) is 4.74 Å². The third-order valence-corrected chi connectivity index (χ3v) is 4.37. The van der Waals surface area contributed by atoms with E-state index in [-0.39, 0.29) is 5.78 Å². The van der Waals surface area contributed by atoms with E-state index in [0.717, 1.165) is 17.9 Å². The van der Waals surface area contributed by atoms with E-state index in [1.807, 2.05) is 19.1 Å². The molecule has 0 N–H and O–H groups in total. The van der Waals surface area contributed by atoms with E-state index < -0.39 is 0 Å². The van der Waals surface area contributed by atoms with Crippen LogP contribution in [0.5, 0.6) is 0 Å². The van der Waals surface area contributed by atoms with Crippen molar-refractivity contribution in [3.05, 3.63) is 24.0 Å². The first kappa shape index (κ1) is 12.6. The molecule has 1 aromatic rings. The highest BCUT2D eigenvalue weighted by atomic mass is 32.2. The number of hydrogen-bond donors (Lipinski definition) is 0. The van der Waals surface area contributed by atoms with Gasteiger partial charge < -0.3 is 4.74 Å². The average molecular weight is 251 g/mol. The number of aromatic nitrogens is 1. The van der Waals surface area contributed by atoms with Gasteiger partial charge in [-0.05, 0) is 25.5 Å². The molecule has 1 aliphatic rings. The van der Waals surface area contributed by atoms with Crippen molar-refractivity contribution in [1.82, 2.24) is 4.98 Å². The van der Waals surface area contributed by atoms with E-state index in [4.69, 9.17) is 4.74 Å². The minimum atomic E-state index is 0.0964. The van der Waals surface area contributed by atoms with Gasteiger partial charge in [0, 0.05) is 29.4 Å². The predicted octanol–water partition coefficient (Wildman–Crippen LogP) is 2.94. The van der Waals surface area contributed by atoms with Crippen molar-refractivity contribution in [3.8, 4) is 0 Å². The van der Waals surface area contributed by atoms with Gasteiger partial charge in [-0.15, -0.1) is 11.8 Å². The summed E-state index contributed by atoms with van der Waals surface area (Å²) < 4.78 is 5.52. The Bertz CT molecular complexity index is 391. The van der Waals surface area contributed by atoms with E-state index >= 15 is 0 Å². The molecule has 0 radical (unpaired) electrons. The molecule has 0 aliphatic carbocycles. The second-order valence-corrected chi connectivity index (χ2v) is 5.49. The Labute approximate surface area is 106 Å². The van der Waals surface area contributed by atoms with Crippen molar-refractivity contribution >= 4 is 17.5 Å². The molecule has 1 saturated heterocycles. The molecule has 17 heavy (non-hydrogen) atoms. The summed E-state index contributed by atoms with van der Waals surface area (Å²) in [4.78, 5) is 16.7. The monoisotopic (exact) mass is 251 g/mol. The van der Waals surface area contributed by atoms with E-state index in [2.05, 4.69) is 11.9 Å². The molecule has 3 nitrogen and oxygen atoms in total. The zero-order chi connectivity index (χ0) is 12.3. The third kappa shape index (κ3) is 3.07. The molecule has 2 unspecified atom stereocenters. The van der Waals surface area contributed by atoms with Crippen molar-refractivity contribution < 1.29 is 9.53 Å². The molecule has 92 valence electrons. The molecule has 0 saturated carbocycles. The molecule has 2 atom stereocenters. The van der Waals surface area contributed by atoms with Crippen LogP contribution < -0.4 is 0 Å². The lowest BCUT2D eigenvalue weighted by Crippen LogP contribution is -2.13. The van der Waals surface area contributed by atoms with Crippen molar-refractivity contribution in [2.45, 2.75) is 42.9 Å². The summed E-state index contributed by atoms with van der Waals surface area (Å²) in [7, 11) is 0. The fourth-order valence-corrected chi connectivity index (χ4v) is 2.93. The molecular formula is C13H17NO2S. The maximum atomic E-state index is 11.4. The van der Waals surface area contributed by atoms with Crippen LogP contribution >= 0.6 is 11.8 Å². The van der Waals surface area contributed by atoms with E-state index in [1.165, 1.54) is 0 Å². The number of Topliss-reactive ketones (excluding diaryl/α,β-unsaturated/α-hetero) is 1. The molecule has 2 heterocycles. The van der Waals surface area contributed by atoms with E-state index in [9.17, 15) is 4.79 Å². The minimum Gasteiger partial charge on any atom is -0.377 e. The van der Waals surface area contributed by atoms with Gasteiger partial charge in [0.25, 0.3) is 0 Å². The quantitative estimate of drug-likeness (QED) is 0.771. The van der Waals surface area contributed by atoms with Gasteiger partial charge >= 0.3 is 0 Å². The SMILES string of the molecule is CCC(=O)c1ccc(SC2CCOC2C)cn1. The molecule has 1 aliphatic heterocycles. The summed E-state index contributed by atoms with van der Waals surface area (Å²) in [6.45, 7) is 4.80. The number of ether oxygens (including phenoxy) is 1. The van der Waals surface area contributed by atoms with Gasteiger partial charge in [0.15, 0.2) is 5.78 Å². The number of thioether (sulfide) groups is 1. The van der Waals surface area contributed by atoms with Gasteiger partial charge in [0.1, 0.15) is 5.69 Å². The first-order chi connectivity index (χ1) is 8.20. The molecule has 4 heteroatoms. The maximum Gasteiger partial charge on any atom is 0.180 e. The number of nitrogens with zero attached hydrogens (tertiary/aromatic N) is 1. The summed E-state index contributed by atoms with van der Waals surface area (Å²) in [6, 6.07) is 3.79. The summed E-state index contributed by atoms with van der Waals surface area (Å²) in [5.74, 6) is 0.0964. The number of carbonyl (C=O) groups excluding carboxylic acids is 1. The Morgan fingerprint density at radius 1 is 1.59 bits per heavy atom. The van der Waals surface area contributed by atoms with Crippen molar-refractivity contribution in [2.75, 3.05) is 6.61 Å². The Balaban J connectivity index is 2.00. The van der Waals surface area contributed by atoms with E-state index in [0.29, 0.717) is 23.5 Å². The number of hydrogen-bond acceptors (Lipinski definition) is 4. The van der Waals surface area contributed by atoms with Gasteiger partial charge in [-0.2, -0.15) is 0 Å². The third-order valence-electron chi connectivity index (χ3n) is 2.94. The van der Waals surface area contributed by atoms with Crippen LogP contribution in [0.4, 0.5) is 0 Å². The van der Waals surface area contributed by atoms with Crippen molar-refractivity contribution in [2.24, 2.45) is 0 Å². The zero-order valence-electron chi connectivity index (χ0n) is 10.2. The van der Waals surface area contributed by atoms with Crippen LogP contribution in [0.1, 0.15) is 37.2 Å². The molecule has 0 spiro atoms. The molecule has 0 amide bonds. The summed E-state index contributed by atoms with van der Waals surface area (Å²) in [5.41, 5.74) is 0.563. The normalized spacial score (nSPS) is 23.9. The van der Waals surface area contributed by atoms with E-state index in [1.54, 1.807) is 18.0 Å². The lowest BCUT2D eigenvalue weighted by Gasteiger charge is -2.13. The summed E-state index contributed by atoms with van der Waals surface area (Å²) in [5, 5.41) is 0.504. The largest absolute Gasteiger partial charge is 0.377 e. The summed E-state index contributed by atoms with van der Waals surface area (Å²) >= 11 is 1.79. The Kier molecular flexibility index (Phi) is 4.18. The smallest absolute Gasteiger partial charge is 0.180 e. The Morgan fingerprint density at radius 2 is 2.41 bits per heavy atom. The highest BCUT2D eigenvalue weighted by molar-refractivity contribution is 8.00. The van der Waals surface area contributed by atoms with Crippen LogP contribution in [0.25, 0.3) is 0 Å². The van der Waals surface area contributed by atoms with Gasteiger partial charge in [-0.25, -0.2) is 0 Å². The highest BCUT2D eigenvalue weighted by Crippen LogP contribution is 2.32. The molecular weight excluding hydrogens is 234 g/mol. The Morgan fingerprint density at radius 3 is 2.94 bits per heavy atom. The van der Waals surface area contributed by atoms with Crippen LogP contribution in [0.3, 0.4) is 0 Å². The highest BCUT2D eigenvalue weighted by Gasteiger charge is 2.25. The van der Waals surface area contributed by atoms with Crippen LogP contribution in [-0.4, -0.2) is 28.7 Å². The first-order valence-electron chi connectivity index (χ1n) is 5.98. The zero-order valence-corrected chi connectivity index (χ0v) is 11.0. The standard InChI is InChI=1S/C13H17NO2S/c1-3-12(15)11-5-4-10(8-14-11)17-13-6-7-16-9(13)2/h4-5,8-9,13H,3,6-7H2,1-2H3. The average Bonchev–Trinajstić information content (AvgIpc) is 2.75. The van der Waals surface area contributed by atoms with Gasteiger partial charge in [-0.3, -0.25) is 9.78 Å². The first-order valence-corrected chi connectivity index (χ1v) is 6.86. The molecule has 1 aromatic heterocycles. The predicted molar refractivity (Wildman–Crippen MR) is 68.5 cm³/mol. The lowest BCUT2D eigenvalue weighted by molar-refractivity contribution is 0.0983. The number of ketones is 1. The molecule has 0 bridgehead atoms. The fraction of sp³-hybridized carbons (Fsp3) is 0.538. The lowest BCUT2D eigenvalue weighted by atomic mass is 10.2. The van der Waals surface area contributed by atoms with Gasteiger partial charge in [-0.1, -0.05) is 6.92 Å². The molecule has 1 fully saturated rings. The van der Waals surface area contributed by atoms with Gasteiger partial charge in [0.2, 0.25) is 0 Å². The van der Waals surface area contributed by atoms with Crippen molar-refractivity contribution in [3.63, 3.8) is 0 Å². The maximum absolute atomic E-state index is 11.4. The van der Waals surface area contributed by atoms with Crippen LogP contribution in [0.2, 0.25) is 0 Å². The topological polar surface area (TPSA) is 39.2 Å². The van der Waals surface area contributed by atoms with Gasteiger partial charge in [0.05, 0.1) is 6.10 Å². The van der Waals surface area contributed by atoms with Crippen LogP contribution in [0.15, 0.2) is 23.2 Å². The second kappa shape index (κ2) is 5.65. The number of pyridine rings is 1. The molecule has 0 aromatic carbocycles. The van der Waals surface area contributed by atoms with Crippen molar-refractivity contribution in [1.29, 1.82) is 0 Å². The van der Waals surface area contributed by atoms with Crippen LogP contribution in [0, 0.1) is 0 Å². The second-order valence-electron chi connectivity index (χ2n) is 4.18. The molecule has 2 rings (SSSR count). The summed E-state index contributed by atoms with van der Waals surface area (Å²) in [6.07, 6.45) is 3.68. The minimum absolute atomic E-state index is 0.0964. The number of rotatable bonds is 4. The number of carbonyl (C=O) groups is 1.